The maximum absolute atomic E-state index is 5.56. The number of hydrogen-bond acceptors (Lipinski definition) is 3. The molecule has 3 nitrogen and oxygen atoms in total. The van der Waals surface area contributed by atoms with Crippen LogP contribution in [0.2, 0.25) is 0 Å². The van der Waals surface area contributed by atoms with Gasteiger partial charge in [-0.15, -0.1) is 0 Å². The molecular formula is C20H36N2O. The van der Waals surface area contributed by atoms with E-state index in [1.807, 2.05) is 0 Å². The first-order valence-electron chi connectivity index (χ1n) is 9.94. The van der Waals surface area contributed by atoms with E-state index in [0.717, 1.165) is 25.5 Å². The number of rotatable bonds is 9. The van der Waals surface area contributed by atoms with Gasteiger partial charge in [0.1, 0.15) is 6.61 Å². The van der Waals surface area contributed by atoms with E-state index in [1.165, 1.54) is 70.2 Å². The molecule has 0 fully saturated rings. The Morgan fingerprint density at radius 2 is 1.83 bits per heavy atom. The molecule has 0 aromatic heterocycles. The molecule has 3 heteroatoms. The molecule has 2 aliphatic carbocycles. The number of unbranched alkanes of at least 4 members (excludes halogenated alkanes) is 1. The average molecular weight is 321 g/mol. The second-order valence-corrected chi connectivity index (χ2v) is 7.09. The van der Waals surface area contributed by atoms with Crippen molar-refractivity contribution in [3.05, 3.63) is 11.1 Å². The highest BCUT2D eigenvalue weighted by atomic mass is 16.6. The zero-order valence-corrected chi connectivity index (χ0v) is 15.6. The van der Waals surface area contributed by atoms with Crippen molar-refractivity contribution < 1.29 is 4.84 Å². The maximum Gasteiger partial charge on any atom is 0.117 e. The highest BCUT2D eigenvalue weighted by Crippen LogP contribution is 2.36. The molecule has 0 aromatic carbocycles. The Hall–Kier alpha value is -0.830. The lowest BCUT2D eigenvalue weighted by atomic mass is 9.78. The SMILES string of the molecule is CCCCON=C1CCCC2=C1CCC(N(CCC)CCC)C2. The molecule has 0 aromatic rings. The summed E-state index contributed by atoms with van der Waals surface area (Å²) < 4.78 is 0. The predicted octanol–water partition coefficient (Wildman–Crippen LogP) is 5.31. The van der Waals surface area contributed by atoms with Crippen LogP contribution in [-0.2, 0) is 4.84 Å². The molecular weight excluding hydrogens is 284 g/mol. The fourth-order valence-corrected chi connectivity index (χ4v) is 4.02. The second kappa shape index (κ2) is 10.1. The van der Waals surface area contributed by atoms with E-state index in [2.05, 4.69) is 30.8 Å². The second-order valence-electron chi connectivity index (χ2n) is 7.09. The zero-order chi connectivity index (χ0) is 16.5. The van der Waals surface area contributed by atoms with Crippen LogP contribution >= 0.6 is 0 Å². The molecule has 132 valence electrons. The quantitative estimate of drug-likeness (QED) is 0.424. The van der Waals surface area contributed by atoms with Crippen LogP contribution in [-0.4, -0.2) is 36.3 Å². The molecule has 0 saturated heterocycles. The lowest BCUT2D eigenvalue weighted by Gasteiger charge is -2.37. The summed E-state index contributed by atoms with van der Waals surface area (Å²) in [7, 11) is 0. The molecule has 1 atom stereocenters. The fraction of sp³-hybridized carbons (Fsp3) is 0.850. The molecule has 0 N–H and O–H groups in total. The Morgan fingerprint density at radius 1 is 1.04 bits per heavy atom. The van der Waals surface area contributed by atoms with Gasteiger partial charge in [0, 0.05) is 6.04 Å². The predicted molar refractivity (Wildman–Crippen MR) is 99.0 cm³/mol. The standard InChI is InChI=1S/C20H36N2O/c1-4-7-15-23-21-20-10-8-9-17-16-18(11-12-19(17)20)22(13-5-2)14-6-3/h18H,4-16H2,1-3H3. The Bertz CT molecular complexity index is 408. The molecule has 1 unspecified atom stereocenters. The summed E-state index contributed by atoms with van der Waals surface area (Å²) >= 11 is 0. The highest BCUT2D eigenvalue weighted by molar-refractivity contribution is 6.01. The number of nitrogens with zero attached hydrogens (tertiary/aromatic N) is 2. The molecule has 0 spiro atoms. The molecule has 23 heavy (non-hydrogen) atoms. The van der Waals surface area contributed by atoms with Crippen molar-refractivity contribution in [3.63, 3.8) is 0 Å². The van der Waals surface area contributed by atoms with E-state index in [1.54, 1.807) is 11.1 Å². The van der Waals surface area contributed by atoms with Crippen molar-refractivity contribution in [1.29, 1.82) is 0 Å². The van der Waals surface area contributed by atoms with Gasteiger partial charge in [0.2, 0.25) is 0 Å². The third-order valence-corrected chi connectivity index (χ3v) is 5.18. The van der Waals surface area contributed by atoms with Gasteiger partial charge in [0.05, 0.1) is 5.71 Å². The van der Waals surface area contributed by atoms with Crippen LogP contribution in [0.1, 0.15) is 85.0 Å². The van der Waals surface area contributed by atoms with Crippen molar-refractivity contribution in [2.45, 2.75) is 91.0 Å². The molecule has 2 rings (SSSR count). The van der Waals surface area contributed by atoms with Gasteiger partial charge in [-0.3, -0.25) is 0 Å². The summed E-state index contributed by atoms with van der Waals surface area (Å²) in [5, 5.41) is 4.49. The Morgan fingerprint density at radius 3 is 2.52 bits per heavy atom. The Kier molecular flexibility index (Phi) is 8.14. The van der Waals surface area contributed by atoms with Crippen LogP contribution in [0.4, 0.5) is 0 Å². The summed E-state index contributed by atoms with van der Waals surface area (Å²) in [6.45, 7) is 10.1. The van der Waals surface area contributed by atoms with Crippen LogP contribution in [0.25, 0.3) is 0 Å². The topological polar surface area (TPSA) is 24.8 Å². The van der Waals surface area contributed by atoms with Crippen LogP contribution in [0, 0.1) is 0 Å². The molecule has 0 aliphatic heterocycles. The van der Waals surface area contributed by atoms with Gasteiger partial charge < -0.3 is 9.74 Å². The van der Waals surface area contributed by atoms with Gasteiger partial charge in [-0.25, -0.2) is 0 Å². The molecule has 0 saturated carbocycles. The summed E-state index contributed by atoms with van der Waals surface area (Å²) in [5.41, 5.74) is 4.50. The van der Waals surface area contributed by atoms with Gasteiger partial charge in [-0.2, -0.15) is 0 Å². The van der Waals surface area contributed by atoms with Crippen molar-refractivity contribution in [2.24, 2.45) is 5.16 Å². The van der Waals surface area contributed by atoms with Gasteiger partial charge >= 0.3 is 0 Å². The molecule has 0 radical (unpaired) electrons. The summed E-state index contributed by atoms with van der Waals surface area (Å²) in [6, 6.07) is 0.758. The van der Waals surface area contributed by atoms with Crippen LogP contribution in [0.3, 0.4) is 0 Å². The van der Waals surface area contributed by atoms with E-state index in [0.29, 0.717) is 0 Å². The minimum atomic E-state index is 0.758. The summed E-state index contributed by atoms with van der Waals surface area (Å²) in [4.78, 5) is 8.29. The number of oxime groups is 1. The van der Waals surface area contributed by atoms with Crippen molar-refractivity contribution >= 4 is 5.71 Å². The van der Waals surface area contributed by atoms with E-state index in [-0.39, 0.29) is 0 Å². The molecule has 0 heterocycles. The summed E-state index contributed by atoms with van der Waals surface area (Å²) in [6.07, 6.45) is 12.2. The van der Waals surface area contributed by atoms with Crippen molar-refractivity contribution in [3.8, 4) is 0 Å². The minimum absolute atomic E-state index is 0.758. The lowest BCUT2D eigenvalue weighted by molar-refractivity contribution is 0.140. The zero-order valence-electron chi connectivity index (χ0n) is 15.6. The van der Waals surface area contributed by atoms with E-state index in [9.17, 15) is 0 Å². The molecule has 0 bridgehead atoms. The molecule has 2 aliphatic rings. The van der Waals surface area contributed by atoms with Crippen LogP contribution in [0.5, 0.6) is 0 Å². The maximum atomic E-state index is 5.56. The van der Waals surface area contributed by atoms with E-state index >= 15 is 0 Å². The first-order chi connectivity index (χ1) is 11.3. The smallest absolute Gasteiger partial charge is 0.117 e. The Balaban J connectivity index is 2.00. The van der Waals surface area contributed by atoms with Gasteiger partial charge in [0.25, 0.3) is 0 Å². The third-order valence-electron chi connectivity index (χ3n) is 5.18. The first-order valence-corrected chi connectivity index (χ1v) is 9.94. The van der Waals surface area contributed by atoms with E-state index in [4.69, 9.17) is 4.84 Å². The number of hydrogen-bond donors (Lipinski definition) is 0. The van der Waals surface area contributed by atoms with Gasteiger partial charge in [-0.05, 0) is 76.5 Å². The Labute approximate surface area is 143 Å². The molecule has 0 amide bonds. The highest BCUT2D eigenvalue weighted by Gasteiger charge is 2.29. The van der Waals surface area contributed by atoms with Crippen LogP contribution in [0.15, 0.2) is 16.3 Å². The van der Waals surface area contributed by atoms with Crippen LogP contribution < -0.4 is 0 Å². The largest absolute Gasteiger partial charge is 0.396 e. The minimum Gasteiger partial charge on any atom is -0.396 e. The summed E-state index contributed by atoms with van der Waals surface area (Å²) in [5.74, 6) is 0. The van der Waals surface area contributed by atoms with Crippen molar-refractivity contribution in [1.82, 2.24) is 4.90 Å². The number of allylic oxidation sites excluding steroid dienone is 1. The van der Waals surface area contributed by atoms with Gasteiger partial charge in [0.15, 0.2) is 0 Å². The van der Waals surface area contributed by atoms with Gasteiger partial charge in [-0.1, -0.05) is 37.9 Å². The van der Waals surface area contributed by atoms with E-state index < -0.39 is 0 Å². The first kappa shape index (κ1) is 18.5. The fourth-order valence-electron chi connectivity index (χ4n) is 4.02. The average Bonchev–Trinajstić information content (AvgIpc) is 2.58. The lowest BCUT2D eigenvalue weighted by Crippen LogP contribution is -2.39. The van der Waals surface area contributed by atoms with Crippen molar-refractivity contribution in [2.75, 3.05) is 19.7 Å². The third kappa shape index (κ3) is 5.34. The normalized spacial score (nSPS) is 23.5. The monoisotopic (exact) mass is 320 g/mol.